The lowest BCUT2D eigenvalue weighted by Crippen LogP contribution is -2.12. The van der Waals surface area contributed by atoms with Gasteiger partial charge in [0.25, 0.3) is 0 Å². The van der Waals surface area contributed by atoms with E-state index in [1.54, 1.807) is 20.3 Å². The van der Waals surface area contributed by atoms with Gasteiger partial charge in [0, 0.05) is 18.1 Å². The zero-order valence-electron chi connectivity index (χ0n) is 9.84. The summed E-state index contributed by atoms with van der Waals surface area (Å²) in [6.07, 6.45) is 0.342. The summed E-state index contributed by atoms with van der Waals surface area (Å²) in [5.41, 5.74) is 1.68. The number of hydrogen-bond donors (Lipinski definition) is 1. The van der Waals surface area contributed by atoms with Crippen LogP contribution in [0.15, 0.2) is 23.4 Å². The Kier molecular flexibility index (Phi) is 3.49. The molecular formula is C12H15NO4. The first-order valence-electron chi connectivity index (χ1n) is 5.33. The molecule has 0 aromatic heterocycles. The van der Waals surface area contributed by atoms with Crippen molar-refractivity contribution >= 4 is 5.71 Å². The molecule has 1 aromatic carbocycles. The molecule has 0 amide bonds. The third-order valence-corrected chi connectivity index (χ3v) is 2.62. The van der Waals surface area contributed by atoms with Crippen LogP contribution < -0.4 is 9.47 Å². The standard InChI is InChI=1S/C12H15NO4/c1-15-9-3-8(4-10(5-9)16-2)12-6-11(7-14)17-13-12/h3-5,11,14H,6-7H2,1-2H3. The Hall–Kier alpha value is -1.75. The van der Waals surface area contributed by atoms with Gasteiger partial charge in [0.1, 0.15) is 11.5 Å². The Bertz CT molecular complexity index is 408. The number of methoxy groups -OCH3 is 2. The number of hydrogen-bond acceptors (Lipinski definition) is 5. The minimum Gasteiger partial charge on any atom is -0.497 e. The van der Waals surface area contributed by atoms with Gasteiger partial charge < -0.3 is 19.4 Å². The SMILES string of the molecule is COc1cc(OC)cc(C2=NOC(CO)C2)c1. The molecule has 0 saturated carbocycles. The lowest BCUT2D eigenvalue weighted by atomic mass is 10.0. The van der Waals surface area contributed by atoms with Gasteiger partial charge in [-0.05, 0) is 12.1 Å². The van der Waals surface area contributed by atoms with Crippen LogP contribution in [0.1, 0.15) is 12.0 Å². The fraction of sp³-hybridized carbons (Fsp3) is 0.417. The molecule has 0 bridgehead atoms. The van der Waals surface area contributed by atoms with Gasteiger partial charge in [0.2, 0.25) is 0 Å². The van der Waals surface area contributed by atoms with Crippen molar-refractivity contribution in [3.63, 3.8) is 0 Å². The number of aliphatic hydroxyl groups is 1. The first-order chi connectivity index (χ1) is 8.26. The molecule has 0 spiro atoms. The van der Waals surface area contributed by atoms with E-state index in [1.165, 1.54) is 0 Å². The van der Waals surface area contributed by atoms with Crippen LogP contribution in [0, 0.1) is 0 Å². The molecule has 5 heteroatoms. The monoisotopic (exact) mass is 237 g/mol. The van der Waals surface area contributed by atoms with E-state index in [0.717, 1.165) is 11.3 Å². The first-order valence-corrected chi connectivity index (χ1v) is 5.33. The maximum absolute atomic E-state index is 8.98. The second-order valence-corrected chi connectivity index (χ2v) is 3.75. The van der Waals surface area contributed by atoms with Gasteiger partial charge in [-0.15, -0.1) is 0 Å². The zero-order valence-corrected chi connectivity index (χ0v) is 9.84. The Morgan fingerprint density at radius 1 is 1.29 bits per heavy atom. The van der Waals surface area contributed by atoms with Crippen molar-refractivity contribution in [2.75, 3.05) is 20.8 Å². The second kappa shape index (κ2) is 5.05. The molecule has 1 atom stereocenters. The summed E-state index contributed by atoms with van der Waals surface area (Å²) in [6, 6.07) is 5.53. The first kappa shape index (κ1) is 11.7. The molecule has 0 aliphatic carbocycles. The normalized spacial score (nSPS) is 18.5. The fourth-order valence-electron chi connectivity index (χ4n) is 1.67. The highest BCUT2D eigenvalue weighted by molar-refractivity contribution is 6.01. The van der Waals surface area contributed by atoms with Gasteiger partial charge in [0.15, 0.2) is 6.10 Å². The van der Waals surface area contributed by atoms with E-state index < -0.39 is 0 Å². The molecule has 0 radical (unpaired) electrons. The van der Waals surface area contributed by atoms with E-state index >= 15 is 0 Å². The van der Waals surface area contributed by atoms with Crippen LogP contribution in [-0.4, -0.2) is 37.7 Å². The highest BCUT2D eigenvalue weighted by atomic mass is 16.6. The topological polar surface area (TPSA) is 60.3 Å². The van der Waals surface area contributed by atoms with Gasteiger partial charge in [-0.3, -0.25) is 0 Å². The van der Waals surface area contributed by atoms with Crippen molar-refractivity contribution in [2.45, 2.75) is 12.5 Å². The zero-order chi connectivity index (χ0) is 12.3. The van der Waals surface area contributed by atoms with E-state index in [0.29, 0.717) is 17.9 Å². The number of aliphatic hydroxyl groups excluding tert-OH is 1. The predicted molar refractivity (Wildman–Crippen MR) is 62.7 cm³/mol. The molecule has 5 nitrogen and oxygen atoms in total. The van der Waals surface area contributed by atoms with Crippen LogP contribution in [0.5, 0.6) is 11.5 Å². The Morgan fingerprint density at radius 3 is 2.41 bits per heavy atom. The largest absolute Gasteiger partial charge is 0.497 e. The number of ether oxygens (including phenoxy) is 2. The predicted octanol–water partition coefficient (Wildman–Crippen LogP) is 1.19. The van der Waals surface area contributed by atoms with Crippen LogP contribution in [0.3, 0.4) is 0 Å². The summed E-state index contributed by atoms with van der Waals surface area (Å²) in [5.74, 6) is 1.41. The van der Waals surface area contributed by atoms with Crippen LogP contribution in [0.25, 0.3) is 0 Å². The number of rotatable bonds is 4. The minimum atomic E-state index is -0.248. The fourth-order valence-corrected chi connectivity index (χ4v) is 1.67. The summed E-state index contributed by atoms with van der Waals surface area (Å²) >= 11 is 0. The molecule has 0 fully saturated rings. The molecule has 1 N–H and O–H groups in total. The van der Waals surface area contributed by atoms with Gasteiger partial charge in [-0.1, -0.05) is 5.16 Å². The molecule has 1 aliphatic heterocycles. The van der Waals surface area contributed by atoms with Crippen LogP contribution in [-0.2, 0) is 4.84 Å². The molecule has 1 heterocycles. The highest BCUT2D eigenvalue weighted by Crippen LogP contribution is 2.25. The molecule has 1 aliphatic rings. The molecular weight excluding hydrogens is 222 g/mol. The van der Waals surface area contributed by atoms with Crippen molar-refractivity contribution < 1.29 is 19.4 Å². The van der Waals surface area contributed by atoms with Crippen LogP contribution >= 0.6 is 0 Å². The van der Waals surface area contributed by atoms with Crippen molar-refractivity contribution in [2.24, 2.45) is 5.16 Å². The van der Waals surface area contributed by atoms with Gasteiger partial charge in [-0.2, -0.15) is 0 Å². The van der Waals surface area contributed by atoms with Crippen molar-refractivity contribution in [3.8, 4) is 11.5 Å². The lowest BCUT2D eigenvalue weighted by Gasteiger charge is -2.07. The van der Waals surface area contributed by atoms with Gasteiger partial charge in [-0.25, -0.2) is 0 Å². The molecule has 2 rings (SSSR count). The van der Waals surface area contributed by atoms with Crippen LogP contribution in [0.2, 0.25) is 0 Å². The third-order valence-electron chi connectivity index (χ3n) is 2.62. The quantitative estimate of drug-likeness (QED) is 0.854. The Balaban J connectivity index is 2.26. The maximum atomic E-state index is 8.98. The maximum Gasteiger partial charge on any atom is 0.156 e. The number of benzene rings is 1. The average molecular weight is 237 g/mol. The summed E-state index contributed by atoms with van der Waals surface area (Å²) in [4.78, 5) is 5.07. The summed E-state index contributed by atoms with van der Waals surface area (Å²) in [7, 11) is 3.20. The average Bonchev–Trinajstić information content (AvgIpc) is 2.86. The van der Waals surface area contributed by atoms with E-state index in [1.807, 2.05) is 12.1 Å². The molecule has 1 aromatic rings. The second-order valence-electron chi connectivity index (χ2n) is 3.75. The van der Waals surface area contributed by atoms with Crippen molar-refractivity contribution in [3.05, 3.63) is 23.8 Å². The van der Waals surface area contributed by atoms with E-state index in [2.05, 4.69) is 5.16 Å². The summed E-state index contributed by atoms with van der Waals surface area (Å²) in [5, 5.41) is 12.9. The molecule has 1 unspecified atom stereocenters. The lowest BCUT2D eigenvalue weighted by molar-refractivity contribution is 0.0390. The van der Waals surface area contributed by atoms with Crippen LogP contribution in [0.4, 0.5) is 0 Å². The summed E-state index contributed by atoms with van der Waals surface area (Å²) < 4.78 is 10.4. The van der Waals surface area contributed by atoms with E-state index in [-0.39, 0.29) is 12.7 Å². The Morgan fingerprint density at radius 2 is 1.94 bits per heavy atom. The van der Waals surface area contributed by atoms with E-state index in [4.69, 9.17) is 19.4 Å². The molecule has 92 valence electrons. The van der Waals surface area contributed by atoms with Gasteiger partial charge >= 0.3 is 0 Å². The number of oxime groups is 1. The minimum absolute atomic E-state index is 0.0336. The molecule has 17 heavy (non-hydrogen) atoms. The number of nitrogens with zero attached hydrogens (tertiary/aromatic N) is 1. The smallest absolute Gasteiger partial charge is 0.156 e. The molecule has 0 saturated heterocycles. The van der Waals surface area contributed by atoms with Crippen molar-refractivity contribution in [1.82, 2.24) is 0 Å². The van der Waals surface area contributed by atoms with Crippen molar-refractivity contribution in [1.29, 1.82) is 0 Å². The summed E-state index contributed by atoms with van der Waals surface area (Å²) in [6.45, 7) is -0.0336. The highest BCUT2D eigenvalue weighted by Gasteiger charge is 2.22. The third kappa shape index (κ3) is 2.50. The Labute approximate surface area is 99.6 Å². The van der Waals surface area contributed by atoms with E-state index in [9.17, 15) is 0 Å². The van der Waals surface area contributed by atoms with Gasteiger partial charge in [0.05, 0.1) is 26.5 Å².